The zero-order chi connectivity index (χ0) is 14.4. The molecule has 4 atom stereocenters. The van der Waals surface area contributed by atoms with E-state index in [-0.39, 0.29) is 18.6 Å². The molecular weight excluding hydrogens is 260 g/mol. The third-order valence-electron chi connectivity index (χ3n) is 5.01. The van der Waals surface area contributed by atoms with Crippen LogP contribution in [0.3, 0.4) is 0 Å². The number of benzene rings is 1. The molecule has 0 aromatic heterocycles. The van der Waals surface area contributed by atoms with Gasteiger partial charge in [-0.05, 0) is 18.4 Å². The van der Waals surface area contributed by atoms with Gasteiger partial charge in [-0.2, -0.15) is 0 Å². The second-order valence-electron chi connectivity index (χ2n) is 6.21. The number of hydrogen-bond donors (Lipinski definition) is 1. The average molecular weight is 281 g/mol. The van der Waals surface area contributed by atoms with Crippen LogP contribution < -0.4 is 5.32 Å². The topological polar surface area (TPSA) is 21.3 Å². The summed E-state index contributed by atoms with van der Waals surface area (Å²) < 4.78 is 33.4. The summed E-state index contributed by atoms with van der Waals surface area (Å²) >= 11 is 0. The maximum atomic E-state index is 13.9. The Bertz CT molecular complexity index is 479. The fourth-order valence-corrected chi connectivity index (χ4v) is 3.14. The van der Waals surface area contributed by atoms with Crippen LogP contribution in [0.25, 0.3) is 0 Å². The highest BCUT2D eigenvalue weighted by Crippen LogP contribution is 2.61. The predicted molar refractivity (Wildman–Crippen MR) is 74.1 cm³/mol. The van der Waals surface area contributed by atoms with Gasteiger partial charge in [0, 0.05) is 19.0 Å². The van der Waals surface area contributed by atoms with E-state index in [4.69, 9.17) is 4.74 Å². The highest BCUT2D eigenvalue weighted by Gasteiger charge is 2.71. The molecule has 4 unspecified atom stereocenters. The maximum Gasteiger partial charge on any atom is 0.260 e. The molecule has 1 saturated carbocycles. The van der Waals surface area contributed by atoms with E-state index in [1.165, 1.54) is 0 Å². The first-order valence-corrected chi connectivity index (χ1v) is 7.25. The summed E-state index contributed by atoms with van der Waals surface area (Å²) in [5.74, 6) is -2.24. The first-order chi connectivity index (χ1) is 9.46. The summed E-state index contributed by atoms with van der Waals surface area (Å²) in [6, 6.07) is 9.30. The Balaban J connectivity index is 1.71. The second-order valence-corrected chi connectivity index (χ2v) is 6.21. The first-order valence-electron chi connectivity index (χ1n) is 7.25. The van der Waals surface area contributed by atoms with E-state index in [1.807, 2.05) is 25.1 Å². The smallest absolute Gasteiger partial charge is 0.260 e. The minimum Gasteiger partial charge on any atom is -0.377 e. The SMILES string of the molecule is CC1OCC(NCC2(c3ccccc3)CC2(F)F)C1C. The van der Waals surface area contributed by atoms with Crippen molar-refractivity contribution in [2.24, 2.45) is 5.92 Å². The molecular formula is C16H21F2NO. The first kappa shape index (κ1) is 14.0. The van der Waals surface area contributed by atoms with Gasteiger partial charge in [-0.3, -0.25) is 0 Å². The third kappa shape index (κ3) is 2.15. The van der Waals surface area contributed by atoms with E-state index in [9.17, 15) is 8.78 Å². The average Bonchev–Trinajstić information content (AvgIpc) is 2.87. The number of halogens is 2. The molecule has 110 valence electrons. The Morgan fingerprint density at radius 1 is 1.25 bits per heavy atom. The van der Waals surface area contributed by atoms with Crippen LogP contribution in [0.1, 0.15) is 25.8 Å². The van der Waals surface area contributed by atoms with E-state index in [0.717, 1.165) is 5.56 Å². The van der Waals surface area contributed by atoms with Crippen molar-refractivity contribution >= 4 is 0 Å². The van der Waals surface area contributed by atoms with Gasteiger partial charge in [0.2, 0.25) is 0 Å². The number of ether oxygens (including phenoxy) is 1. The predicted octanol–water partition coefficient (Wildman–Crippen LogP) is 2.98. The second kappa shape index (κ2) is 4.78. The molecule has 1 aromatic rings. The van der Waals surface area contributed by atoms with Crippen LogP contribution in [0.5, 0.6) is 0 Å². The van der Waals surface area contributed by atoms with Crippen LogP contribution in [-0.2, 0) is 10.2 Å². The number of rotatable bonds is 4. The Labute approximate surface area is 118 Å². The summed E-state index contributed by atoms with van der Waals surface area (Å²) in [5.41, 5.74) is -0.295. The molecule has 1 aromatic carbocycles. The number of alkyl halides is 2. The minimum atomic E-state index is -2.60. The number of hydrogen-bond acceptors (Lipinski definition) is 2. The largest absolute Gasteiger partial charge is 0.377 e. The highest BCUT2D eigenvalue weighted by atomic mass is 19.3. The van der Waals surface area contributed by atoms with Crippen molar-refractivity contribution in [2.45, 2.75) is 43.8 Å². The lowest BCUT2D eigenvalue weighted by atomic mass is 9.93. The molecule has 1 aliphatic carbocycles. The van der Waals surface area contributed by atoms with Crippen LogP contribution in [-0.4, -0.2) is 31.2 Å². The lowest BCUT2D eigenvalue weighted by molar-refractivity contribution is 0.0857. The molecule has 2 nitrogen and oxygen atoms in total. The maximum absolute atomic E-state index is 13.9. The monoisotopic (exact) mass is 281 g/mol. The molecule has 20 heavy (non-hydrogen) atoms. The Hall–Kier alpha value is -1.00. The zero-order valence-electron chi connectivity index (χ0n) is 11.9. The van der Waals surface area contributed by atoms with Gasteiger partial charge in [0.05, 0.1) is 18.1 Å². The van der Waals surface area contributed by atoms with E-state index < -0.39 is 11.3 Å². The molecule has 1 N–H and O–H groups in total. The molecule has 0 bridgehead atoms. The van der Waals surface area contributed by atoms with Gasteiger partial charge in [0.15, 0.2) is 0 Å². The fraction of sp³-hybridized carbons (Fsp3) is 0.625. The van der Waals surface area contributed by atoms with Gasteiger partial charge in [-0.25, -0.2) is 8.78 Å². The molecule has 0 spiro atoms. The van der Waals surface area contributed by atoms with Gasteiger partial charge in [0.25, 0.3) is 5.92 Å². The highest BCUT2D eigenvalue weighted by molar-refractivity contribution is 5.38. The molecule has 1 saturated heterocycles. The van der Waals surface area contributed by atoms with Crippen molar-refractivity contribution in [2.75, 3.05) is 13.2 Å². The van der Waals surface area contributed by atoms with E-state index in [1.54, 1.807) is 12.1 Å². The van der Waals surface area contributed by atoms with Crippen LogP contribution in [0.15, 0.2) is 30.3 Å². The molecule has 2 aliphatic rings. The molecule has 0 radical (unpaired) electrons. The van der Waals surface area contributed by atoms with Crippen LogP contribution in [0.2, 0.25) is 0 Å². The van der Waals surface area contributed by atoms with Gasteiger partial charge in [0.1, 0.15) is 0 Å². The standard InChI is InChI=1S/C16H21F2NO/c1-11-12(2)20-8-14(11)19-10-15(9-16(15,17)18)13-6-4-3-5-7-13/h3-7,11-12,14,19H,8-10H2,1-2H3. The summed E-state index contributed by atoms with van der Waals surface area (Å²) in [5, 5.41) is 3.31. The fourth-order valence-electron chi connectivity index (χ4n) is 3.14. The lowest BCUT2D eigenvalue weighted by Gasteiger charge is -2.23. The number of nitrogens with one attached hydrogen (secondary N) is 1. The normalized spacial score (nSPS) is 38.9. The molecule has 3 rings (SSSR count). The molecule has 4 heteroatoms. The molecule has 0 amide bonds. The summed E-state index contributed by atoms with van der Waals surface area (Å²) in [7, 11) is 0. The van der Waals surface area contributed by atoms with E-state index >= 15 is 0 Å². The lowest BCUT2D eigenvalue weighted by Crippen LogP contribution is -2.41. The van der Waals surface area contributed by atoms with Gasteiger partial charge in [-0.15, -0.1) is 0 Å². The Kier molecular flexibility index (Phi) is 3.33. The van der Waals surface area contributed by atoms with Crippen molar-refractivity contribution in [3.8, 4) is 0 Å². The van der Waals surface area contributed by atoms with Crippen LogP contribution >= 0.6 is 0 Å². The summed E-state index contributed by atoms with van der Waals surface area (Å²) in [6.07, 6.45) is 0.133. The minimum absolute atomic E-state index is 0.0610. The van der Waals surface area contributed by atoms with Crippen molar-refractivity contribution in [1.82, 2.24) is 5.32 Å². The van der Waals surface area contributed by atoms with E-state index in [0.29, 0.717) is 19.1 Å². The summed E-state index contributed by atoms with van der Waals surface area (Å²) in [6.45, 7) is 5.06. The third-order valence-corrected chi connectivity index (χ3v) is 5.01. The summed E-state index contributed by atoms with van der Waals surface area (Å²) in [4.78, 5) is 0. The quantitative estimate of drug-likeness (QED) is 0.916. The van der Waals surface area contributed by atoms with E-state index in [2.05, 4.69) is 12.2 Å². The van der Waals surface area contributed by atoms with Crippen LogP contribution in [0, 0.1) is 5.92 Å². The van der Waals surface area contributed by atoms with Gasteiger partial charge in [-0.1, -0.05) is 37.3 Å². The molecule has 1 heterocycles. The molecule has 2 fully saturated rings. The van der Waals surface area contributed by atoms with Crippen LogP contribution in [0.4, 0.5) is 8.78 Å². The Morgan fingerprint density at radius 3 is 2.40 bits per heavy atom. The van der Waals surface area contributed by atoms with Crippen molar-refractivity contribution in [1.29, 1.82) is 0 Å². The Morgan fingerprint density at radius 2 is 1.90 bits per heavy atom. The van der Waals surface area contributed by atoms with Crippen molar-refractivity contribution < 1.29 is 13.5 Å². The van der Waals surface area contributed by atoms with Crippen molar-refractivity contribution in [3.05, 3.63) is 35.9 Å². The van der Waals surface area contributed by atoms with Gasteiger partial charge >= 0.3 is 0 Å². The zero-order valence-corrected chi connectivity index (χ0v) is 11.9. The van der Waals surface area contributed by atoms with Gasteiger partial charge < -0.3 is 10.1 Å². The van der Waals surface area contributed by atoms with Crippen molar-refractivity contribution in [3.63, 3.8) is 0 Å². The molecule has 1 aliphatic heterocycles.